The van der Waals surface area contributed by atoms with E-state index in [9.17, 15) is 21.6 Å². The van der Waals surface area contributed by atoms with Crippen LogP contribution in [0, 0.1) is 0 Å². The van der Waals surface area contributed by atoms with Crippen LogP contribution >= 0.6 is 0 Å². The highest BCUT2D eigenvalue weighted by Gasteiger charge is 2.39. The van der Waals surface area contributed by atoms with E-state index < -0.39 is 32.5 Å². The smallest absolute Gasteiger partial charge is 0.421 e. The van der Waals surface area contributed by atoms with Crippen molar-refractivity contribution >= 4 is 10.1 Å². The molecule has 1 rings (SSSR count). The zero-order valence-corrected chi connectivity index (χ0v) is 7.80. The molecule has 0 radical (unpaired) electrons. The number of hydrogen-bond donors (Lipinski definition) is 2. The summed E-state index contributed by atoms with van der Waals surface area (Å²) in [5.41, 5.74) is -1.77. The third-order valence-corrected chi connectivity index (χ3v) is 2.46. The fourth-order valence-electron chi connectivity index (χ4n) is 1.02. The van der Waals surface area contributed by atoms with E-state index in [1.165, 1.54) is 0 Å². The molecule has 0 saturated carbocycles. The molecular weight excluding hydrogens is 237 g/mol. The van der Waals surface area contributed by atoms with Gasteiger partial charge in [0, 0.05) is 0 Å². The molecule has 8 heteroatoms. The summed E-state index contributed by atoms with van der Waals surface area (Å²) in [5, 5.41) is 8.89. The fourth-order valence-corrected chi connectivity index (χ4v) is 1.75. The van der Waals surface area contributed by atoms with Crippen molar-refractivity contribution < 1.29 is 31.2 Å². The van der Waals surface area contributed by atoms with Crippen molar-refractivity contribution in [2.75, 3.05) is 0 Å². The van der Waals surface area contributed by atoms with Gasteiger partial charge in [-0.05, 0) is 12.1 Å². The standard InChI is InChI=1S/C7H5F3O4S/c8-7(9,10)6-4(11)2-1-3-5(6)15(12,13)14/h1-3,11H,(H,12,13,14). The summed E-state index contributed by atoms with van der Waals surface area (Å²) < 4.78 is 66.6. The molecule has 0 heterocycles. The van der Waals surface area contributed by atoms with E-state index in [-0.39, 0.29) is 0 Å². The van der Waals surface area contributed by atoms with Gasteiger partial charge in [0.1, 0.15) is 16.2 Å². The molecule has 0 aromatic heterocycles. The Hall–Kier alpha value is -1.28. The Balaban J connectivity index is 3.63. The van der Waals surface area contributed by atoms with Gasteiger partial charge in [-0.3, -0.25) is 4.55 Å². The summed E-state index contributed by atoms with van der Waals surface area (Å²) in [6.07, 6.45) is -5.06. The molecule has 0 unspecified atom stereocenters. The van der Waals surface area contributed by atoms with E-state index in [0.29, 0.717) is 12.1 Å². The second-order valence-electron chi connectivity index (χ2n) is 2.62. The van der Waals surface area contributed by atoms with Gasteiger partial charge >= 0.3 is 6.18 Å². The Morgan fingerprint density at radius 1 is 1.20 bits per heavy atom. The Morgan fingerprint density at radius 2 is 1.73 bits per heavy atom. The number of benzene rings is 1. The van der Waals surface area contributed by atoms with Crippen LogP contribution < -0.4 is 0 Å². The van der Waals surface area contributed by atoms with E-state index >= 15 is 0 Å². The average molecular weight is 242 g/mol. The van der Waals surface area contributed by atoms with Gasteiger partial charge in [0.25, 0.3) is 10.1 Å². The third kappa shape index (κ3) is 2.39. The zero-order chi connectivity index (χ0) is 11.9. The van der Waals surface area contributed by atoms with Crippen molar-refractivity contribution in [3.05, 3.63) is 23.8 Å². The van der Waals surface area contributed by atoms with Crippen molar-refractivity contribution in [1.29, 1.82) is 0 Å². The summed E-state index contributed by atoms with van der Waals surface area (Å²) in [6, 6.07) is 2.11. The van der Waals surface area contributed by atoms with Crippen molar-refractivity contribution in [2.45, 2.75) is 11.1 Å². The van der Waals surface area contributed by atoms with Crippen LogP contribution in [0.5, 0.6) is 5.75 Å². The normalized spacial score (nSPS) is 12.8. The van der Waals surface area contributed by atoms with Gasteiger partial charge in [-0.2, -0.15) is 21.6 Å². The number of hydrogen-bond acceptors (Lipinski definition) is 3. The van der Waals surface area contributed by atoms with Crippen LogP contribution in [-0.4, -0.2) is 18.1 Å². The van der Waals surface area contributed by atoms with E-state index in [0.717, 1.165) is 6.07 Å². The van der Waals surface area contributed by atoms with Gasteiger partial charge in [0.15, 0.2) is 0 Å². The maximum Gasteiger partial charge on any atom is 0.421 e. The van der Waals surface area contributed by atoms with Crippen molar-refractivity contribution in [1.82, 2.24) is 0 Å². The largest absolute Gasteiger partial charge is 0.507 e. The topological polar surface area (TPSA) is 74.6 Å². The van der Waals surface area contributed by atoms with Crippen LogP contribution in [0.3, 0.4) is 0 Å². The van der Waals surface area contributed by atoms with Crippen LogP contribution in [0.25, 0.3) is 0 Å². The fraction of sp³-hybridized carbons (Fsp3) is 0.143. The van der Waals surface area contributed by atoms with Crippen molar-refractivity contribution in [2.24, 2.45) is 0 Å². The average Bonchev–Trinajstić information content (AvgIpc) is 1.99. The predicted octanol–water partition coefficient (Wildman–Crippen LogP) is 1.66. The lowest BCUT2D eigenvalue weighted by molar-refractivity contribution is -0.141. The molecule has 0 saturated heterocycles. The zero-order valence-electron chi connectivity index (χ0n) is 6.99. The monoisotopic (exact) mass is 242 g/mol. The summed E-state index contributed by atoms with van der Waals surface area (Å²) in [5.74, 6) is -1.25. The van der Waals surface area contributed by atoms with E-state index in [4.69, 9.17) is 9.66 Å². The number of alkyl halides is 3. The first-order valence-corrected chi connectivity index (χ1v) is 4.94. The predicted molar refractivity (Wildman–Crippen MR) is 42.9 cm³/mol. The lowest BCUT2D eigenvalue weighted by Crippen LogP contribution is -2.12. The Labute approximate surface area is 82.7 Å². The minimum atomic E-state index is -5.06. The molecule has 0 spiro atoms. The van der Waals surface area contributed by atoms with Gasteiger partial charge in [-0.15, -0.1) is 0 Å². The molecule has 1 aromatic carbocycles. The molecule has 0 atom stereocenters. The molecule has 15 heavy (non-hydrogen) atoms. The van der Waals surface area contributed by atoms with Gasteiger partial charge in [0.2, 0.25) is 0 Å². The molecule has 4 nitrogen and oxygen atoms in total. The van der Waals surface area contributed by atoms with Gasteiger partial charge in [-0.1, -0.05) is 6.07 Å². The molecule has 84 valence electrons. The molecule has 0 amide bonds. The third-order valence-electron chi connectivity index (χ3n) is 1.57. The van der Waals surface area contributed by atoms with Crippen LogP contribution in [0.1, 0.15) is 5.56 Å². The SMILES string of the molecule is O=S(=O)(O)c1cccc(O)c1C(F)(F)F. The van der Waals surface area contributed by atoms with Crippen molar-refractivity contribution in [3.8, 4) is 5.75 Å². The summed E-state index contributed by atoms with van der Waals surface area (Å²) in [6.45, 7) is 0. The Bertz CT molecular complexity index is 477. The van der Waals surface area contributed by atoms with E-state index in [1.54, 1.807) is 0 Å². The number of phenolic OH excluding ortho intramolecular Hbond substituents is 1. The van der Waals surface area contributed by atoms with Gasteiger partial charge in [-0.25, -0.2) is 0 Å². The highest BCUT2D eigenvalue weighted by molar-refractivity contribution is 7.85. The first-order chi connectivity index (χ1) is 6.64. The number of phenols is 1. The second-order valence-corrected chi connectivity index (χ2v) is 4.01. The minimum Gasteiger partial charge on any atom is -0.507 e. The lowest BCUT2D eigenvalue weighted by Gasteiger charge is -2.11. The van der Waals surface area contributed by atoms with Gasteiger partial charge in [0.05, 0.1) is 0 Å². The second kappa shape index (κ2) is 3.38. The number of aromatic hydroxyl groups is 1. The number of rotatable bonds is 1. The Morgan fingerprint density at radius 3 is 2.07 bits per heavy atom. The lowest BCUT2D eigenvalue weighted by atomic mass is 10.2. The van der Waals surface area contributed by atoms with Crippen molar-refractivity contribution in [3.63, 3.8) is 0 Å². The maximum atomic E-state index is 12.3. The summed E-state index contributed by atoms with van der Waals surface area (Å²) in [7, 11) is -5.02. The molecule has 0 fully saturated rings. The summed E-state index contributed by atoms with van der Waals surface area (Å²) >= 11 is 0. The van der Waals surface area contributed by atoms with E-state index in [1.807, 2.05) is 0 Å². The molecule has 1 aromatic rings. The quantitative estimate of drug-likeness (QED) is 0.734. The molecular formula is C7H5F3O4S. The first-order valence-electron chi connectivity index (χ1n) is 3.50. The van der Waals surface area contributed by atoms with Crippen LogP contribution in [0.2, 0.25) is 0 Å². The maximum absolute atomic E-state index is 12.3. The molecule has 0 aliphatic heterocycles. The van der Waals surface area contributed by atoms with E-state index in [2.05, 4.69) is 0 Å². The number of halogens is 3. The minimum absolute atomic E-state index is 0.553. The van der Waals surface area contributed by atoms with Crippen LogP contribution in [0.15, 0.2) is 23.1 Å². The molecule has 2 N–H and O–H groups in total. The first kappa shape index (κ1) is 11.8. The van der Waals surface area contributed by atoms with Crippen LogP contribution in [0.4, 0.5) is 13.2 Å². The van der Waals surface area contributed by atoms with Gasteiger partial charge < -0.3 is 5.11 Å². The Kier molecular flexibility index (Phi) is 2.66. The molecule has 0 bridgehead atoms. The summed E-state index contributed by atoms with van der Waals surface area (Å²) in [4.78, 5) is -1.37. The highest BCUT2D eigenvalue weighted by Crippen LogP contribution is 2.39. The molecule has 0 aliphatic carbocycles. The molecule has 0 aliphatic rings. The van der Waals surface area contributed by atoms with Crippen LogP contribution in [-0.2, 0) is 16.3 Å². The highest BCUT2D eigenvalue weighted by atomic mass is 32.2.